The van der Waals surface area contributed by atoms with Crippen LogP contribution >= 0.6 is 0 Å². The quantitative estimate of drug-likeness (QED) is 0.187. The largest absolute Gasteiger partial charge is 4.00 e. The molecule has 0 atom stereocenters. The predicted molar refractivity (Wildman–Crippen MR) is 130 cm³/mol. The number of hydrogen-bond acceptors (Lipinski definition) is 5. The minimum atomic E-state index is 0. The SMILES string of the molecule is CC(C)c1nccn1C.Cn1ccnc1-c1ccccn1.Cn1ccnc1-c1ccccn1.[Cl-].[Cl-].[Cl-].[Os+4]. The Bertz CT molecular complexity index is 1170. The number of halogens is 3. The van der Waals surface area contributed by atoms with E-state index in [1.807, 2.05) is 96.0 Å². The van der Waals surface area contributed by atoms with Gasteiger partial charge in [-0.15, -0.1) is 0 Å². The maximum Gasteiger partial charge on any atom is 4.00 e. The van der Waals surface area contributed by atoms with E-state index in [0.29, 0.717) is 5.92 Å². The second-order valence-corrected chi connectivity index (χ2v) is 7.70. The van der Waals surface area contributed by atoms with Gasteiger partial charge in [-0.25, -0.2) is 15.0 Å². The Labute approximate surface area is 250 Å². The van der Waals surface area contributed by atoms with Crippen LogP contribution in [0.4, 0.5) is 0 Å². The van der Waals surface area contributed by atoms with Crippen LogP contribution in [-0.4, -0.2) is 38.6 Å². The zero-order valence-electron chi connectivity index (χ0n) is 21.2. The third-order valence-electron chi connectivity index (χ3n) is 4.81. The molecule has 0 spiro atoms. The molecular weight excluding hydrogens is 709 g/mol. The molecule has 0 aliphatic carbocycles. The van der Waals surface area contributed by atoms with E-state index in [2.05, 4.69) is 38.8 Å². The van der Waals surface area contributed by atoms with E-state index in [4.69, 9.17) is 0 Å². The van der Waals surface area contributed by atoms with Gasteiger partial charge in [-0.2, -0.15) is 0 Å². The number of nitrogens with zero attached hydrogens (tertiary/aromatic N) is 8. The molecule has 198 valence electrons. The number of pyridine rings is 2. The summed E-state index contributed by atoms with van der Waals surface area (Å²) < 4.78 is 5.94. The molecule has 5 aromatic heterocycles. The molecule has 0 radical (unpaired) electrons. The van der Waals surface area contributed by atoms with Gasteiger partial charge < -0.3 is 50.9 Å². The van der Waals surface area contributed by atoms with E-state index in [0.717, 1.165) is 28.9 Å². The number of rotatable bonds is 3. The van der Waals surface area contributed by atoms with Crippen molar-refractivity contribution in [2.45, 2.75) is 19.8 Å². The molecule has 0 aliphatic rings. The van der Waals surface area contributed by atoms with Crippen molar-refractivity contribution in [3.05, 3.63) is 91.8 Å². The van der Waals surface area contributed by atoms with Gasteiger partial charge in [-0.1, -0.05) is 26.0 Å². The van der Waals surface area contributed by atoms with Gasteiger partial charge in [0.15, 0.2) is 11.6 Å². The second-order valence-electron chi connectivity index (χ2n) is 7.70. The van der Waals surface area contributed by atoms with Crippen molar-refractivity contribution in [2.24, 2.45) is 21.1 Å². The van der Waals surface area contributed by atoms with Crippen molar-refractivity contribution in [3.63, 3.8) is 0 Å². The van der Waals surface area contributed by atoms with Crippen LogP contribution in [0.1, 0.15) is 25.6 Å². The fourth-order valence-electron chi connectivity index (χ4n) is 3.15. The van der Waals surface area contributed by atoms with E-state index < -0.39 is 0 Å². The molecule has 0 saturated carbocycles. The van der Waals surface area contributed by atoms with Crippen LogP contribution in [0.2, 0.25) is 0 Å². The van der Waals surface area contributed by atoms with Crippen molar-refractivity contribution >= 4 is 0 Å². The normalized spacial score (nSPS) is 9.14. The summed E-state index contributed by atoms with van der Waals surface area (Å²) in [5, 5.41) is 0. The van der Waals surface area contributed by atoms with Crippen molar-refractivity contribution < 1.29 is 57.0 Å². The van der Waals surface area contributed by atoms with Gasteiger partial charge in [0.2, 0.25) is 0 Å². The third-order valence-corrected chi connectivity index (χ3v) is 4.81. The molecule has 5 heterocycles. The monoisotopic (exact) mass is 739 g/mol. The molecule has 0 unspecified atom stereocenters. The Hall–Kier alpha value is -2.56. The Morgan fingerprint density at radius 1 is 0.541 bits per heavy atom. The van der Waals surface area contributed by atoms with Gasteiger partial charge in [0.25, 0.3) is 0 Å². The molecule has 0 aliphatic heterocycles. The summed E-state index contributed by atoms with van der Waals surface area (Å²) in [5.74, 6) is 3.48. The summed E-state index contributed by atoms with van der Waals surface area (Å²) in [7, 11) is 5.93. The van der Waals surface area contributed by atoms with E-state index in [-0.39, 0.29) is 57.0 Å². The standard InChI is InChI=1S/2C9H9N3.C7H12N2.3ClH.Os/c2*1-12-7-6-11-9(12)8-4-2-3-5-10-8;1-6(2)7-8-4-5-9(7)3;;;;/h2*2-7H,1H3;4-6H,1-3H3;3*1H;/q;;;;;;+4/p-3. The minimum absolute atomic E-state index is 0. The molecule has 0 aromatic carbocycles. The number of imidazole rings is 3. The van der Waals surface area contributed by atoms with Gasteiger partial charge in [-0.3, -0.25) is 9.97 Å². The molecule has 5 rings (SSSR count). The first-order valence-electron chi connectivity index (χ1n) is 10.7. The van der Waals surface area contributed by atoms with Crippen LogP contribution in [-0.2, 0) is 40.9 Å². The third kappa shape index (κ3) is 10.8. The van der Waals surface area contributed by atoms with Crippen LogP contribution in [0.25, 0.3) is 23.0 Å². The molecule has 8 nitrogen and oxygen atoms in total. The number of aryl methyl sites for hydroxylation is 3. The van der Waals surface area contributed by atoms with Gasteiger partial charge in [0.1, 0.15) is 17.2 Å². The molecule has 12 heteroatoms. The van der Waals surface area contributed by atoms with Crippen LogP contribution in [0.3, 0.4) is 0 Å². The van der Waals surface area contributed by atoms with Crippen molar-refractivity contribution in [1.82, 2.24) is 38.6 Å². The Kier molecular flexibility index (Phi) is 18.4. The summed E-state index contributed by atoms with van der Waals surface area (Å²) in [5.41, 5.74) is 1.81. The predicted octanol–water partition coefficient (Wildman–Crippen LogP) is -4.48. The smallest absolute Gasteiger partial charge is 1.00 e. The summed E-state index contributed by atoms with van der Waals surface area (Å²) in [4.78, 5) is 20.9. The maximum absolute atomic E-state index is 4.20. The molecule has 5 aromatic rings. The van der Waals surface area contributed by atoms with E-state index >= 15 is 0 Å². The van der Waals surface area contributed by atoms with Crippen LogP contribution in [0.15, 0.2) is 86.0 Å². The van der Waals surface area contributed by atoms with Gasteiger partial charge in [0, 0.05) is 76.6 Å². The fraction of sp³-hybridized carbons (Fsp3) is 0.240. The van der Waals surface area contributed by atoms with E-state index in [1.54, 1.807) is 24.8 Å². The summed E-state index contributed by atoms with van der Waals surface area (Å²) in [6.07, 6.45) is 14.7. The van der Waals surface area contributed by atoms with Crippen LogP contribution < -0.4 is 37.2 Å². The molecule has 0 N–H and O–H groups in total. The van der Waals surface area contributed by atoms with Crippen molar-refractivity contribution in [2.75, 3.05) is 0 Å². The number of hydrogen-bond donors (Lipinski definition) is 0. The topological polar surface area (TPSA) is 79.2 Å². The molecule has 0 saturated heterocycles. The first kappa shape index (κ1) is 36.6. The van der Waals surface area contributed by atoms with E-state index in [1.165, 1.54) is 0 Å². The second kappa shape index (κ2) is 18.6. The summed E-state index contributed by atoms with van der Waals surface area (Å²) in [6.45, 7) is 4.28. The average Bonchev–Trinajstić information content (AvgIpc) is 3.57. The zero-order valence-corrected chi connectivity index (χ0v) is 26.0. The van der Waals surface area contributed by atoms with Crippen molar-refractivity contribution in [3.8, 4) is 23.0 Å². The fourth-order valence-corrected chi connectivity index (χ4v) is 3.15. The maximum atomic E-state index is 4.20. The molecule has 0 bridgehead atoms. The molecule has 0 amide bonds. The Balaban J connectivity index is 0. The molecule has 37 heavy (non-hydrogen) atoms. The zero-order chi connectivity index (χ0) is 23.6. The van der Waals surface area contributed by atoms with Gasteiger partial charge in [-0.05, 0) is 24.3 Å². The first-order chi connectivity index (χ1) is 16.0. The Morgan fingerprint density at radius 3 is 1.19 bits per heavy atom. The van der Waals surface area contributed by atoms with Crippen LogP contribution in [0, 0.1) is 0 Å². The molecular formula is C25H30Cl3N8Os+. The summed E-state index contributed by atoms with van der Waals surface area (Å²) in [6, 6.07) is 11.6. The molecule has 0 fully saturated rings. The average molecular weight is 739 g/mol. The van der Waals surface area contributed by atoms with Crippen LogP contribution in [0.5, 0.6) is 0 Å². The van der Waals surface area contributed by atoms with Gasteiger partial charge >= 0.3 is 19.8 Å². The van der Waals surface area contributed by atoms with E-state index in [9.17, 15) is 0 Å². The van der Waals surface area contributed by atoms with Gasteiger partial charge in [0.05, 0.1) is 0 Å². The number of aromatic nitrogens is 8. The van der Waals surface area contributed by atoms with Crippen molar-refractivity contribution in [1.29, 1.82) is 0 Å². The summed E-state index contributed by atoms with van der Waals surface area (Å²) >= 11 is 0. The Morgan fingerprint density at radius 2 is 0.946 bits per heavy atom. The first-order valence-corrected chi connectivity index (χ1v) is 10.7. The minimum Gasteiger partial charge on any atom is -1.00 e.